The van der Waals surface area contributed by atoms with E-state index in [0.717, 1.165) is 27.7 Å². The molecule has 0 heterocycles. The maximum absolute atomic E-state index is 13.6. The highest BCUT2D eigenvalue weighted by Gasteiger charge is 2.20. The number of hydrogen-bond donors (Lipinski definition) is 1. The van der Waals surface area contributed by atoms with Crippen molar-refractivity contribution >= 4 is 27.5 Å². The van der Waals surface area contributed by atoms with Gasteiger partial charge in [-0.2, -0.15) is 0 Å². The van der Waals surface area contributed by atoms with Crippen LogP contribution in [0.1, 0.15) is 35.2 Å². The fourth-order valence-electron chi connectivity index (χ4n) is 2.43. The van der Waals surface area contributed by atoms with Gasteiger partial charge in [0.15, 0.2) is 0 Å². The first-order valence-electron chi connectivity index (χ1n) is 6.89. The molecule has 1 nitrogen and oxygen atoms in total. The van der Waals surface area contributed by atoms with Gasteiger partial charge in [-0.15, -0.1) is 0 Å². The molecule has 0 saturated heterocycles. The minimum absolute atomic E-state index is 0.0562. The lowest BCUT2D eigenvalue weighted by atomic mass is 9.94. The number of benzene rings is 2. The van der Waals surface area contributed by atoms with Gasteiger partial charge in [-0.05, 0) is 60.8 Å². The molecule has 0 aliphatic rings. The Labute approximate surface area is 138 Å². The molecule has 1 N–H and O–H groups in total. The second-order valence-corrected chi connectivity index (χ2v) is 6.33. The molecule has 2 rings (SSSR count). The van der Waals surface area contributed by atoms with Crippen LogP contribution < -0.4 is 5.32 Å². The van der Waals surface area contributed by atoms with Gasteiger partial charge in [0.2, 0.25) is 0 Å². The number of rotatable bonds is 4. The third kappa shape index (κ3) is 3.47. The molecule has 2 aromatic rings. The number of hydrogen-bond acceptors (Lipinski definition) is 1. The number of aryl methyl sites for hydroxylation is 1. The van der Waals surface area contributed by atoms with E-state index < -0.39 is 0 Å². The molecule has 1 unspecified atom stereocenters. The Morgan fingerprint density at radius 2 is 1.95 bits per heavy atom. The van der Waals surface area contributed by atoms with Crippen LogP contribution in [0, 0.1) is 19.7 Å². The molecule has 0 bridgehead atoms. The average Bonchev–Trinajstić information content (AvgIpc) is 2.44. The van der Waals surface area contributed by atoms with Crippen LogP contribution in [0.3, 0.4) is 0 Å². The van der Waals surface area contributed by atoms with Crippen LogP contribution in [-0.2, 0) is 0 Å². The largest absolute Gasteiger partial charge is 0.306 e. The Morgan fingerprint density at radius 1 is 1.24 bits per heavy atom. The molecule has 0 aliphatic carbocycles. The van der Waals surface area contributed by atoms with Gasteiger partial charge >= 0.3 is 0 Å². The SMILES string of the molecule is CCNC(c1cc(C)c(F)cc1Cl)c1cccc(Br)c1C. The number of nitrogens with one attached hydrogen (secondary N) is 1. The van der Waals surface area contributed by atoms with E-state index in [0.29, 0.717) is 10.6 Å². The molecule has 112 valence electrons. The van der Waals surface area contributed by atoms with Gasteiger partial charge in [-0.1, -0.05) is 46.6 Å². The molecule has 0 amide bonds. The number of halogens is 3. The molecule has 0 aliphatic heterocycles. The normalized spacial score (nSPS) is 12.5. The highest BCUT2D eigenvalue weighted by Crippen LogP contribution is 2.33. The molecule has 21 heavy (non-hydrogen) atoms. The average molecular weight is 371 g/mol. The van der Waals surface area contributed by atoms with E-state index in [1.807, 2.05) is 25.1 Å². The lowest BCUT2D eigenvalue weighted by Crippen LogP contribution is -2.23. The maximum atomic E-state index is 13.6. The second kappa shape index (κ2) is 6.91. The van der Waals surface area contributed by atoms with Crippen molar-refractivity contribution in [3.63, 3.8) is 0 Å². The third-order valence-electron chi connectivity index (χ3n) is 3.62. The quantitative estimate of drug-likeness (QED) is 0.743. The summed E-state index contributed by atoms with van der Waals surface area (Å²) in [5.74, 6) is -0.273. The minimum Gasteiger partial charge on any atom is -0.306 e. The Bertz CT molecular complexity index is 657. The van der Waals surface area contributed by atoms with Crippen molar-refractivity contribution in [2.24, 2.45) is 0 Å². The van der Waals surface area contributed by atoms with E-state index in [1.165, 1.54) is 6.07 Å². The first-order valence-corrected chi connectivity index (χ1v) is 8.06. The smallest absolute Gasteiger partial charge is 0.127 e. The van der Waals surface area contributed by atoms with Crippen molar-refractivity contribution in [1.82, 2.24) is 5.32 Å². The zero-order valence-electron chi connectivity index (χ0n) is 12.3. The van der Waals surface area contributed by atoms with Crippen LogP contribution >= 0.6 is 27.5 Å². The zero-order valence-corrected chi connectivity index (χ0v) is 14.6. The van der Waals surface area contributed by atoms with Crippen molar-refractivity contribution in [2.75, 3.05) is 6.54 Å². The van der Waals surface area contributed by atoms with Crippen LogP contribution in [0.15, 0.2) is 34.8 Å². The predicted molar refractivity (Wildman–Crippen MR) is 90.5 cm³/mol. The predicted octanol–water partition coefficient (Wildman–Crippen LogP) is 5.56. The molecule has 4 heteroatoms. The highest BCUT2D eigenvalue weighted by molar-refractivity contribution is 9.10. The molecule has 2 aromatic carbocycles. The zero-order chi connectivity index (χ0) is 15.6. The summed E-state index contributed by atoms with van der Waals surface area (Å²) < 4.78 is 14.7. The van der Waals surface area contributed by atoms with Crippen LogP contribution in [0.2, 0.25) is 5.02 Å². The molecule has 0 fully saturated rings. The van der Waals surface area contributed by atoms with Crippen molar-refractivity contribution in [3.05, 3.63) is 67.9 Å². The molecule has 0 radical (unpaired) electrons. The monoisotopic (exact) mass is 369 g/mol. The summed E-state index contributed by atoms with van der Waals surface area (Å²) in [7, 11) is 0. The van der Waals surface area contributed by atoms with Gasteiger partial charge in [0.1, 0.15) is 5.82 Å². The summed E-state index contributed by atoms with van der Waals surface area (Å²) in [6.45, 7) is 6.66. The van der Waals surface area contributed by atoms with E-state index in [4.69, 9.17) is 11.6 Å². The van der Waals surface area contributed by atoms with E-state index >= 15 is 0 Å². The highest BCUT2D eigenvalue weighted by atomic mass is 79.9. The van der Waals surface area contributed by atoms with Crippen LogP contribution in [-0.4, -0.2) is 6.54 Å². The summed E-state index contributed by atoms with van der Waals surface area (Å²) in [6, 6.07) is 9.25. The molecular formula is C17H18BrClFN. The first kappa shape index (κ1) is 16.5. The topological polar surface area (TPSA) is 12.0 Å². The summed E-state index contributed by atoms with van der Waals surface area (Å²) >= 11 is 9.84. The summed E-state index contributed by atoms with van der Waals surface area (Å²) in [5, 5.41) is 3.89. The first-order chi connectivity index (χ1) is 9.95. The van der Waals surface area contributed by atoms with Crippen LogP contribution in [0.5, 0.6) is 0 Å². The lowest BCUT2D eigenvalue weighted by Gasteiger charge is -2.23. The fourth-order valence-corrected chi connectivity index (χ4v) is 3.07. The van der Waals surface area contributed by atoms with Crippen molar-refractivity contribution < 1.29 is 4.39 Å². The van der Waals surface area contributed by atoms with Gasteiger partial charge in [-0.25, -0.2) is 4.39 Å². The van der Waals surface area contributed by atoms with E-state index in [1.54, 1.807) is 6.92 Å². The fraction of sp³-hybridized carbons (Fsp3) is 0.294. The van der Waals surface area contributed by atoms with Crippen molar-refractivity contribution in [3.8, 4) is 0 Å². The maximum Gasteiger partial charge on any atom is 0.127 e. The van der Waals surface area contributed by atoms with E-state index in [-0.39, 0.29) is 11.9 Å². The second-order valence-electron chi connectivity index (χ2n) is 5.07. The molecule has 1 atom stereocenters. The van der Waals surface area contributed by atoms with Gasteiger partial charge in [-0.3, -0.25) is 0 Å². The standard InChI is InChI=1S/C17H18BrClFN/c1-4-21-17(12-6-5-7-14(18)11(12)3)13-8-10(2)16(20)9-15(13)19/h5-9,17,21H,4H2,1-3H3. The Hall–Kier alpha value is -0.900. The van der Waals surface area contributed by atoms with Gasteiger partial charge < -0.3 is 5.32 Å². The summed E-state index contributed by atoms with van der Waals surface area (Å²) in [4.78, 5) is 0. The lowest BCUT2D eigenvalue weighted by molar-refractivity contribution is 0.605. The molecule has 0 saturated carbocycles. The van der Waals surface area contributed by atoms with Gasteiger partial charge in [0.25, 0.3) is 0 Å². The van der Waals surface area contributed by atoms with Gasteiger partial charge in [0.05, 0.1) is 6.04 Å². The Morgan fingerprint density at radius 3 is 2.62 bits per heavy atom. The van der Waals surface area contributed by atoms with E-state index in [2.05, 4.69) is 34.2 Å². The van der Waals surface area contributed by atoms with Crippen molar-refractivity contribution in [1.29, 1.82) is 0 Å². The molecule has 0 spiro atoms. The van der Waals surface area contributed by atoms with Gasteiger partial charge in [0, 0.05) is 9.50 Å². The van der Waals surface area contributed by atoms with Crippen LogP contribution in [0.4, 0.5) is 4.39 Å². The molecular weight excluding hydrogens is 353 g/mol. The Kier molecular flexibility index (Phi) is 5.42. The van der Waals surface area contributed by atoms with Crippen molar-refractivity contribution in [2.45, 2.75) is 26.8 Å². The Balaban J connectivity index is 2.59. The minimum atomic E-state index is -0.273. The van der Waals surface area contributed by atoms with Crippen LogP contribution in [0.25, 0.3) is 0 Å². The summed E-state index contributed by atoms with van der Waals surface area (Å²) in [6.07, 6.45) is 0. The molecule has 0 aromatic heterocycles. The third-order valence-corrected chi connectivity index (χ3v) is 4.80. The summed E-state index contributed by atoms with van der Waals surface area (Å²) in [5.41, 5.74) is 3.80. The van der Waals surface area contributed by atoms with E-state index in [9.17, 15) is 4.39 Å².